The van der Waals surface area contributed by atoms with Crippen molar-refractivity contribution in [2.24, 2.45) is 0 Å². The van der Waals surface area contributed by atoms with Crippen molar-refractivity contribution in [2.45, 2.75) is 64.7 Å². The first-order chi connectivity index (χ1) is 16.8. The Morgan fingerprint density at radius 1 is 0.771 bits per heavy atom. The van der Waals surface area contributed by atoms with E-state index in [0.29, 0.717) is 18.4 Å². The lowest BCUT2D eigenvalue weighted by molar-refractivity contribution is -0.146. The van der Waals surface area contributed by atoms with Gasteiger partial charge in [0.1, 0.15) is 18.1 Å². The topological polar surface area (TPSA) is 86.7 Å². The zero-order valence-corrected chi connectivity index (χ0v) is 23.3. The van der Waals surface area contributed by atoms with Gasteiger partial charge in [-0.2, -0.15) is 0 Å². The van der Waals surface area contributed by atoms with Crippen LogP contribution in [0.4, 0.5) is 0 Å². The molecule has 0 aliphatic carbocycles. The molecule has 0 aromatic heterocycles. The summed E-state index contributed by atoms with van der Waals surface area (Å²) in [4.78, 5) is 45.1. The predicted octanol–water partition coefficient (Wildman–Crippen LogP) is 6.30. The quantitative estimate of drug-likeness (QED) is 0.172. The number of benzene rings is 2. The predicted molar refractivity (Wildman–Crippen MR) is 146 cm³/mol. The number of halogens is 1. The van der Waals surface area contributed by atoms with Crippen molar-refractivity contribution in [1.29, 1.82) is 0 Å². The van der Waals surface area contributed by atoms with Crippen LogP contribution < -0.4 is 0 Å². The van der Waals surface area contributed by atoms with Gasteiger partial charge in [0.2, 0.25) is 0 Å². The minimum absolute atomic E-state index is 0.0290. The van der Waals surface area contributed by atoms with E-state index in [1.165, 1.54) is 17.8 Å². The van der Waals surface area contributed by atoms with Gasteiger partial charge in [0.05, 0.1) is 14.2 Å². The molecule has 35 heavy (non-hydrogen) atoms. The van der Waals surface area contributed by atoms with Gasteiger partial charge in [-0.05, 0) is 53.1 Å². The maximum Gasteiger partial charge on any atom is 0.320 e. The largest absolute Gasteiger partial charge is 0.469 e. The molecule has 0 aliphatic rings. The lowest BCUT2D eigenvalue weighted by Gasteiger charge is -2.13. The van der Waals surface area contributed by atoms with Crippen molar-refractivity contribution < 1.29 is 28.7 Å². The van der Waals surface area contributed by atoms with Gasteiger partial charge >= 0.3 is 11.9 Å². The fourth-order valence-electron chi connectivity index (χ4n) is 2.82. The summed E-state index contributed by atoms with van der Waals surface area (Å²) in [5.74, 6) is -1.78. The van der Waals surface area contributed by atoms with Crippen LogP contribution in [-0.2, 0) is 28.7 Å². The summed E-state index contributed by atoms with van der Waals surface area (Å²) in [6.07, 6.45) is 4.42. The Morgan fingerprint density at radius 3 is 1.71 bits per heavy atom. The highest BCUT2D eigenvalue weighted by Crippen LogP contribution is 2.20. The number of Topliss-reactive ketones (excluding diaryl/α,β-unsaturated/α-hetero) is 2. The van der Waals surface area contributed by atoms with E-state index in [0.717, 1.165) is 25.7 Å². The van der Waals surface area contributed by atoms with Crippen LogP contribution in [0, 0.1) is 3.57 Å². The number of rotatable bonds is 11. The lowest BCUT2D eigenvalue weighted by Crippen LogP contribution is -2.23. The van der Waals surface area contributed by atoms with Gasteiger partial charge in [0.15, 0.2) is 5.78 Å². The summed E-state index contributed by atoms with van der Waals surface area (Å²) in [7, 11) is 2.60. The third kappa shape index (κ3) is 15.9. The average molecular weight is 597 g/mol. The Kier molecular flexibility index (Phi) is 19.3. The molecule has 2 aromatic rings. The number of hydrogen-bond acceptors (Lipinski definition) is 6. The Labute approximate surface area is 222 Å². The van der Waals surface area contributed by atoms with Gasteiger partial charge in [0.25, 0.3) is 0 Å². The highest BCUT2D eigenvalue weighted by Gasteiger charge is 2.28. The Bertz CT molecular complexity index is 868. The molecule has 1 atom stereocenters. The Morgan fingerprint density at radius 2 is 1.29 bits per heavy atom. The molecule has 7 heteroatoms. The Hall–Kier alpha value is -2.55. The third-order valence-electron chi connectivity index (χ3n) is 4.78. The first kappa shape index (κ1) is 32.5. The summed E-state index contributed by atoms with van der Waals surface area (Å²) in [6, 6.07) is 19.3. The van der Waals surface area contributed by atoms with E-state index in [2.05, 4.69) is 39.5 Å². The number of hydrogen-bond donors (Lipinski definition) is 0. The van der Waals surface area contributed by atoms with E-state index in [1.807, 2.05) is 50.2 Å². The minimum Gasteiger partial charge on any atom is -0.469 e. The van der Waals surface area contributed by atoms with Crippen LogP contribution in [0.15, 0.2) is 60.7 Å². The second-order valence-electron chi connectivity index (χ2n) is 7.63. The average Bonchev–Trinajstić information content (AvgIpc) is 2.88. The first-order valence-corrected chi connectivity index (χ1v) is 12.8. The number of ketones is 2. The third-order valence-corrected chi connectivity index (χ3v) is 5.50. The second-order valence-corrected chi connectivity index (χ2v) is 8.87. The van der Waals surface area contributed by atoms with Gasteiger partial charge in [-0.25, -0.2) is 0 Å². The molecule has 0 saturated carbocycles. The van der Waals surface area contributed by atoms with Crippen LogP contribution in [-0.4, -0.2) is 37.7 Å². The molecular formula is C28H37IO6. The van der Waals surface area contributed by atoms with Gasteiger partial charge < -0.3 is 9.47 Å². The van der Waals surface area contributed by atoms with E-state index in [4.69, 9.17) is 4.74 Å². The van der Waals surface area contributed by atoms with Gasteiger partial charge in [-0.15, -0.1) is 0 Å². The summed E-state index contributed by atoms with van der Waals surface area (Å²) in [6.45, 7) is 4.02. The number of esters is 2. The van der Waals surface area contributed by atoms with Crippen LogP contribution in [0.3, 0.4) is 0 Å². The first-order valence-electron chi connectivity index (χ1n) is 11.7. The number of carbonyl (C=O) groups is 4. The summed E-state index contributed by atoms with van der Waals surface area (Å²) < 4.78 is 10.3. The molecule has 2 rings (SSSR count). The number of carbonyl (C=O) groups excluding carboxylic acids is 4. The number of methoxy groups -OCH3 is 2. The molecule has 0 fully saturated rings. The van der Waals surface area contributed by atoms with Gasteiger partial charge in [-0.3, -0.25) is 19.2 Å². The molecule has 0 amide bonds. The van der Waals surface area contributed by atoms with Crippen LogP contribution in [0.2, 0.25) is 0 Å². The zero-order chi connectivity index (χ0) is 26.5. The maximum absolute atomic E-state index is 12.0. The molecule has 192 valence electrons. The summed E-state index contributed by atoms with van der Waals surface area (Å²) >= 11 is 2.28. The van der Waals surface area contributed by atoms with E-state index >= 15 is 0 Å². The van der Waals surface area contributed by atoms with Crippen molar-refractivity contribution in [3.05, 3.63) is 69.8 Å². The highest BCUT2D eigenvalue weighted by atomic mass is 127. The highest BCUT2D eigenvalue weighted by molar-refractivity contribution is 14.1. The zero-order valence-electron chi connectivity index (χ0n) is 21.1. The van der Waals surface area contributed by atoms with Crippen LogP contribution >= 0.6 is 22.6 Å². The van der Waals surface area contributed by atoms with E-state index in [9.17, 15) is 19.2 Å². The van der Waals surface area contributed by atoms with Crippen molar-refractivity contribution in [1.82, 2.24) is 0 Å². The van der Waals surface area contributed by atoms with E-state index < -0.39 is 17.9 Å². The molecule has 0 radical (unpaired) electrons. The smallest absolute Gasteiger partial charge is 0.320 e. The van der Waals surface area contributed by atoms with Crippen LogP contribution in [0.1, 0.15) is 70.3 Å². The van der Waals surface area contributed by atoms with Crippen molar-refractivity contribution in [3.63, 3.8) is 0 Å². The molecule has 1 unspecified atom stereocenters. The normalized spacial score (nSPS) is 10.4. The molecule has 2 aromatic carbocycles. The van der Waals surface area contributed by atoms with Gasteiger partial charge in [0, 0.05) is 16.4 Å². The fraction of sp³-hybridized carbons (Fsp3) is 0.429. The summed E-state index contributed by atoms with van der Waals surface area (Å²) in [5, 5.41) is 0. The van der Waals surface area contributed by atoms with Crippen LogP contribution in [0.5, 0.6) is 0 Å². The number of ether oxygens (including phenoxy) is 2. The monoisotopic (exact) mass is 596 g/mol. The summed E-state index contributed by atoms with van der Waals surface area (Å²) in [5.41, 5.74) is 0.709. The lowest BCUT2D eigenvalue weighted by atomic mass is 9.92. The van der Waals surface area contributed by atoms with Crippen molar-refractivity contribution in [2.75, 3.05) is 14.2 Å². The SMILES string of the molecule is CCCCC(=O)C(C(=O)OC)c1ccccc1.CCCCC(=O)CC(=O)OC.Ic1ccccc1. The molecule has 6 nitrogen and oxygen atoms in total. The molecule has 0 saturated heterocycles. The van der Waals surface area contributed by atoms with Gasteiger partial charge in [-0.1, -0.05) is 75.2 Å². The minimum atomic E-state index is -0.771. The fourth-order valence-corrected chi connectivity index (χ4v) is 3.24. The molecule has 0 heterocycles. The van der Waals surface area contributed by atoms with Crippen LogP contribution in [0.25, 0.3) is 0 Å². The molecular weight excluding hydrogens is 559 g/mol. The molecule has 0 bridgehead atoms. The van der Waals surface area contributed by atoms with Crippen molar-refractivity contribution >= 4 is 46.1 Å². The maximum atomic E-state index is 12.0. The number of unbranched alkanes of at least 4 members (excludes halogenated alkanes) is 2. The molecule has 0 aliphatic heterocycles. The Balaban J connectivity index is 0.000000548. The molecule has 0 N–H and O–H groups in total. The standard InChI is InChI=1S/C14H18O3.C8H14O3.C6H5I/c1-3-4-10-12(15)13(14(16)17-2)11-8-6-5-7-9-11;1-3-4-5-7(9)6-8(10)11-2;7-6-4-2-1-3-5-6/h5-9,13H,3-4,10H2,1-2H3;3-6H2,1-2H3;1-5H. The second kappa shape index (κ2) is 20.8. The molecule has 0 spiro atoms. The van der Waals surface area contributed by atoms with E-state index in [-0.39, 0.29) is 18.0 Å². The van der Waals surface area contributed by atoms with E-state index in [1.54, 1.807) is 12.1 Å². The van der Waals surface area contributed by atoms with Crippen molar-refractivity contribution in [3.8, 4) is 0 Å².